The van der Waals surface area contributed by atoms with Crippen LogP contribution in [-0.2, 0) is 9.53 Å². The van der Waals surface area contributed by atoms with Gasteiger partial charge in [0.2, 0.25) is 0 Å². The van der Waals surface area contributed by atoms with Crippen LogP contribution in [0.2, 0.25) is 0 Å². The number of hydrogen-bond donors (Lipinski definition) is 0. The number of amides is 1. The van der Waals surface area contributed by atoms with Crippen LogP contribution in [0, 0.1) is 0 Å². The molecule has 3 aromatic rings. The second-order valence-corrected chi connectivity index (χ2v) is 7.58. The molecule has 0 unspecified atom stereocenters. The number of hydrogen-bond acceptors (Lipinski definition) is 6. The largest absolute Gasteiger partial charge is 0.490 e. The first-order valence-corrected chi connectivity index (χ1v) is 11.3. The van der Waals surface area contributed by atoms with Crippen molar-refractivity contribution in [3.63, 3.8) is 0 Å². The Kier molecular flexibility index (Phi) is 7.26. The van der Waals surface area contributed by atoms with Gasteiger partial charge in [-0.25, -0.2) is 9.79 Å². The van der Waals surface area contributed by atoms with Crippen LogP contribution in [0.1, 0.15) is 35.3 Å². The fourth-order valence-electron chi connectivity index (χ4n) is 3.72. The molecule has 7 nitrogen and oxygen atoms in total. The Morgan fingerprint density at radius 2 is 1.60 bits per heavy atom. The van der Waals surface area contributed by atoms with E-state index in [1.807, 2.05) is 62.4 Å². The molecule has 1 amide bonds. The average Bonchev–Trinajstić information content (AvgIpc) is 3.21. The number of rotatable bonds is 8. The summed E-state index contributed by atoms with van der Waals surface area (Å²) in [5.41, 5.74) is 2.83. The minimum atomic E-state index is -0.442. The van der Waals surface area contributed by atoms with Crippen molar-refractivity contribution in [3.8, 4) is 11.5 Å². The molecular weight excluding hydrogens is 444 g/mol. The molecule has 35 heavy (non-hydrogen) atoms. The summed E-state index contributed by atoms with van der Waals surface area (Å²) in [6, 6.07) is 21.7. The molecule has 7 heteroatoms. The van der Waals surface area contributed by atoms with Gasteiger partial charge in [-0.15, -0.1) is 0 Å². The first-order chi connectivity index (χ1) is 17.0. The fraction of sp³-hybridized carbons (Fsp3) is 0.179. The van der Waals surface area contributed by atoms with E-state index >= 15 is 0 Å². The summed E-state index contributed by atoms with van der Waals surface area (Å²) in [6.07, 6.45) is 1.73. The lowest BCUT2D eigenvalue weighted by Crippen LogP contribution is -2.32. The topological polar surface area (TPSA) is 77.4 Å². The predicted octanol–water partition coefficient (Wildman–Crippen LogP) is 5.11. The molecule has 0 saturated carbocycles. The third-order valence-electron chi connectivity index (χ3n) is 5.31. The molecule has 0 aliphatic carbocycles. The Labute approximate surface area is 204 Å². The summed E-state index contributed by atoms with van der Waals surface area (Å²) in [7, 11) is 1.33. The zero-order chi connectivity index (χ0) is 24.8. The Balaban J connectivity index is 1.75. The smallest absolute Gasteiger partial charge is 0.337 e. The zero-order valence-electron chi connectivity index (χ0n) is 19.9. The van der Waals surface area contributed by atoms with Gasteiger partial charge in [0.05, 0.1) is 31.6 Å². The first-order valence-electron chi connectivity index (χ1n) is 11.3. The van der Waals surface area contributed by atoms with Crippen molar-refractivity contribution in [2.24, 2.45) is 4.99 Å². The highest BCUT2D eigenvalue weighted by molar-refractivity contribution is 6.33. The van der Waals surface area contributed by atoms with Crippen molar-refractivity contribution >= 4 is 29.5 Å². The Hall–Kier alpha value is -4.39. The van der Waals surface area contributed by atoms with Gasteiger partial charge in [0.15, 0.2) is 11.5 Å². The number of nitrogens with zero attached hydrogens (tertiary/aromatic N) is 2. The summed E-state index contributed by atoms with van der Waals surface area (Å²) >= 11 is 0. The molecular formula is C28H26N2O5. The Morgan fingerprint density at radius 3 is 2.26 bits per heavy atom. The summed E-state index contributed by atoms with van der Waals surface area (Å²) in [5.74, 6) is 1.04. The van der Waals surface area contributed by atoms with Gasteiger partial charge in [0, 0.05) is 5.56 Å². The number of esters is 1. The number of benzene rings is 3. The SMILES string of the molecule is CCOc1ccc(C=C2N=C(c3ccccc3)N(c3ccc(C(=O)OC)cc3)C2=O)cc1OCC. The Bertz CT molecular complexity index is 1280. The molecule has 0 fully saturated rings. The van der Waals surface area contributed by atoms with E-state index in [0.717, 1.165) is 11.1 Å². The second-order valence-electron chi connectivity index (χ2n) is 7.58. The monoisotopic (exact) mass is 470 g/mol. The van der Waals surface area contributed by atoms with Gasteiger partial charge in [0.25, 0.3) is 5.91 Å². The molecule has 0 spiro atoms. The van der Waals surface area contributed by atoms with Crippen molar-refractivity contribution in [2.75, 3.05) is 25.2 Å². The lowest BCUT2D eigenvalue weighted by atomic mass is 10.1. The third-order valence-corrected chi connectivity index (χ3v) is 5.31. The summed E-state index contributed by atoms with van der Waals surface area (Å²) < 4.78 is 16.1. The van der Waals surface area contributed by atoms with Gasteiger partial charge < -0.3 is 14.2 Å². The number of ether oxygens (including phenoxy) is 3. The van der Waals surface area contributed by atoms with Gasteiger partial charge in [0.1, 0.15) is 11.5 Å². The van der Waals surface area contributed by atoms with Gasteiger partial charge in [-0.3, -0.25) is 9.69 Å². The van der Waals surface area contributed by atoms with Gasteiger partial charge in [-0.2, -0.15) is 0 Å². The van der Waals surface area contributed by atoms with Crippen LogP contribution in [0.25, 0.3) is 6.08 Å². The fourth-order valence-corrected chi connectivity index (χ4v) is 3.72. The van der Waals surface area contributed by atoms with Crippen molar-refractivity contribution < 1.29 is 23.8 Å². The highest BCUT2D eigenvalue weighted by Gasteiger charge is 2.32. The van der Waals surface area contributed by atoms with Crippen LogP contribution in [0.15, 0.2) is 83.5 Å². The number of carbonyl (C=O) groups excluding carboxylic acids is 2. The molecule has 1 aliphatic rings. The van der Waals surface area contributed by atoms with Crippen molar-refractivity contribution in [1.29, 1.82) is 0 Å². The number of aliphatic imine (C=N–C) groups is 1. The molecule has 0 atom stereocenters. The molecule has 4 rings (SSSR count). The summed E-state index contributed by atoms with van der Waals surface area (Å²) in [4.78, 5) is 31.6. The van der Waals surface area contributed by atoms with Crippen LogP contribution in [-0.4, -0.2) is 38.0 Å². The summed E-state index contributed by atoms with van der Waals surface area (Å²) in [6.45, 7) is 4.83. The lowest BCUT2D eigenvalue weighted by molar-refractivity contribution is -0.113. The highest BCUT2D eigenvalue weighted by Crippen LogP contribution is 2.32. The molecule has 0 saturated heterocycles. The van der Waals surface area contributed by atoms with E-state index in [2.05, 4.69) is 0 Å². The van der Waals surface area contributed by atoms with E-state index in [9.17, 15) is 9.59 Å². The summed E-state index contributed by atoms with van der Waals surface area (Å²) in [5, 5.41) is 0. The van der Waals surface area contributed by atoms with E-state index in [-0.39, 0.29) is 11.6 Å². The minimum absolute atomic E-state index is 0.276. The quantitative estimate of drug-likeness (QED) is 0.338. The molecule has 0 radical (unpaired) electrons. The van der Waals surface area contributed by atoms with Crippen LogP contribution >= 0.6 is 0 Å². The molecule has 0 bridgehead atoms. The minimum Gasteiger partial charge on any atom is -0.490 e. The second kappa shape index (κ2) is 10.7. The third kappa shape index (κ3) is 5.09. The van der Waals surface area contributed by atoms with E-state index in [4.69, 9.17) is 19.2 Å². The number of methoxy groups -OCH3 is 1. The van der Waals surface area contributed by atoms with Crippen LogP contribution in [0.3, 0.4) is 0 Å². The van der Waals surface area contributed by atoms with Crippen LogP contribution in [0.5, 0.6) is 11.5 Å². The van der Waals surface area contributed by atoms with Gasteiger partial charge >= 0.3 is 5.97 Å². The number of carbonyl (C=O) groups is 2. The van der Waals surface area contributed by atoms with E-state index < -0.39 is 5.97 Å². The molecule has 0 N–H and O–H groups in total. The van der Waals surface area contributed by atoms with Gasteiger partial charge in [-0.05, 0) is 61.9 Å². The Morgan fingerprint density at radius 1 is 0.914 bits per heavy atom. The molecule has 0 aromatic heterocycles. The van der Waals surface area contributed by atoms with Crippen molar-refractivity contribution in [3.05, 3.63) is 95.2 Å². The van der Waals surface area contributed by atoms with Crippen molar-refractivity contribution in [1.82, 2.24) is 0 Å². The maximum absolute atomic E-state index is 13.5. The molecule has 1 heterocycles. The maximum Gasteiger partial charge on any atom is 0.337 e. The lowest BCUT2D eigenvalue weighted by Gasteiger charge is -2.18. The standard InChI is InChI=1S/C28H26N2O5/c1-4-34-24-16-11-19(18-25(24)35-5-2)17-23-27(31)30(26(29-23)20-9-7-6-8-10-20)22-14-12-21(13-15-22)28(32)33-3/h6-18H,4-5H2,1-3H3. The van der Waals surface area contributed by atoms with E-state index in [1.54, 1.807) is 35.2 Å². The van der Waals surface area contributed by atoms with Crippen LogP contribution < -0.4 is 14.4 Å². The predicted molar refractivity (Wildman–Crippen MR) is 135 cm³/mol. The molecule has 3 aromatic carbocycles. The number of amidine groups is 1. The first kappa shape index (κ1) is 23.8. The van der Waals surface area contributed by atoms with E-state index in [1.165, 1.54) is 7.11 Å². The zero-order valence-corrected chi connectivity index (χ0v) is 19.9. The highest BCUT2D eigenvalue weighted by atomic mass is 16.5. The van der Waals surface area contributed by atoms with Gasteiger partial charge in [-0.1, -0.05) is 36.4 Å². The number of anilines is 1. The normalized spacial score (nSPS) is 14.1. The van der Waals surface area contributed by atoms with E-state index in [0.29, 0.717) is 41.8 Å². The van der Waals surface area contributed by atoms with Crippen LogP contribution in [0.4, 0.5) is 5.69 Å². The molecule has 1 aliphatic heterocycles. The maximum atomic E-state index is 13.5. The molecule has 178 valence electrons. The average molecular weight is 471 g/mol. The van der Waals surface area contributed by atoms with Crippen molar-refractivity contribution in [2.45, 2.75) is 13.8 Å².